The van der Waals surface area contributed by atoms with E-state index in [2.05, 4.69) is 18.6 Å². The maximum atomic E-state index is 13.7. The van der Waals surface area contributed by atoms with E-state index in [1.54, 1.807) is 0 Å². The van der Waals surface area contributed by atoms with E-state index >= 15 is 0 Å². The molecule has 0 amide bonds. The van der Waals surface area contributed by atoms with E-state index in [0.29, 0.717) is 41.7 Å². The maximum absolute atomic E-state index is 13.7. The van der Waals surface area contributed by atoms with Gasteiger partial charge < -0.3 is 28.1 Å². The van der Waals surface area contributed by atoms with Gasteiger partial charge >= 0.3 is 6.16 Å². The van der Waals surface area contributed by atoms with Gasteiger partial charge in [-0.15, -0.1) is 0 Å². The average molecular weight is 505 g/mol. The van der Waals surface area contributed by atoms with Crippen molar-refractivity contribution in [3.63, 3.8) is 0 Å². The molecule has 0 N–H and O–H groups in total. The van der Waals surface area contributed by atoms with Crippen LogP contribution in [-0.4, -0.2) is 40.4 Å². The van der Waals surface area contributed by atoms with E-state index in [-0.39, 0.29) is 34.7 Å². The minimum absolute atomic E-state index is 0.0339. The molecule has 0 spiro atoms. The molecular weight excluding hydrogens is 468 g/mol. The summed E-state index contributed by atoms with van der Waals surface area (Å²) in [4.78, 5) is 38.5. The highest BCUT2D eigenvalue weighted by Crippen LogP contribution is 2.39. The third-order valence-electron chi connectivity index (χ3n) is 5.64. The Kier molecular flexibility index (Phi) is 10.4. The van der Waals surface area contributed by atoms with Crippen molar-refractivity contribution in [3.8, 4) is 17.2 Å². The standard InChI is InChI=1S/C27H36O9/c1-15(2)9-11-17-23-20(14-21(32-6)25(17)33-7)35-22(26(24(23)29)36-27(30)34-8)13-19(31-5)18(28)12-10-16(3)4/h13-16H,9-12H2,1-8H3/b19-13+. The normalized spacial score (nSPS) is 11.7. The predicted molar refractivity (Wildman–Crippen MR) is 136 cm³/mol. The Morgan fingerprint density at radius 3 is 2.14 bits per heavy atom. The molecule has 198 valence electrons. The maximum Gasteiger partial charge on any atom is 0.513 e. The molecule has 0 aliphatic carbocycles. The van der Waals surface area contributed by atoms with Crippen LogP contribution in [-0.2, 0) is 20.7 Å². The van der Waals surface area contributed by atoms with Crippen LogP contribution in [0.2, 0.25) is 0 Å². The summed E-state index contributed by atoms with van der Waals surface area (Å²) in [7, 11) is 5.44. The number of ketones is 1. The molecule has 36 heavy (non-hydrogen) atoms. The van der Waals surface area contributed by atoms with E-state index < -0.39 is 17.3 Å². The zero-order valence-corrected chi connectivity index (χ0v) is 22.3. The van der Waals surface area contributed by atoms with Gasteiger partial charge in [0.15, 0.2) is 28.8 Å². The molecule has 1 aromatic heterocycles. The summed E-state index contributed by atoms with van der Waals surface area (Å²) in [6, 6.07) is 1.53. The van der Waals surface area contributed by atoms with E-state index in [1.165, 1.54) is 33.5 Å². The summed E-state index contributed by atoms with van der Waals surface area (Å²) < 4.78 is 32.2. The van der Waals surface area contributed by atoms with Gasteiger partial charge in [0.05, 0.1) is 33.8 Å². The molecule has 0 bridgehead atoms. The quantitative estimate of drug-likeness (QED) is 0.209. The molecule has 0 atom stereocenters. The average Bonchev–Trinajstić information content (AvgIpc) is 2.85. The van der Waals surface area contributed by atoms with Crippen molar-refractivity contribution in [2.45, 2.75) is 53.4 Å². The van der Waals surface area contributed by atoms with Crippen LogP contribution < -0.4 is 19.6 Å². The summed E-state index contributed by atoms with van der Waals surface area (Å²) >= 11 is 0. The molecule has 9 nitrogen and oxygen atoms in total. The molecule has 1 aromatic carbocycles. The number of allylic oxidation sites excluding steroid dienone is 1. The van der Waals surface area contributed by atoms with Crippen LogP contribution in [0.4, 0.5) is 4.79 Å². The Balaban J connectivity index is 2.87. The van der Waals surface area contributed by atoms with E-state index in [1.807, 2.05) is 13.8 Å². The minimum atomic E-state index is -1.11. The van der Waals surface area contributed by atoms with Crippen molar-refractivity contribution in [2.24, 2.45) is 11.8 Å². The number of benzene rings is 1. The molecule has 0 aliphatic heterocycles. The molecule has 0 aliphatic rings. The van der Waals surface area contributed by atoms with Gasteiger partial charge in [-0.05, 0) is 31.1 Å². The van der Waals surface area contributed by atoms with Gasteiger partial charge in [0, 0.05) is 24.1 Å². The van der Waals surface area contributed by atoms with Gasteiger partial charge in [-0.1, -0.05) is 27.7 Å². The minimum Gasteiger partial charge on any atom is -0.493 e. The first-order chi connectivity index (χ1) is 17.1. The zero-order valence-electron chi connectivity index (χ0n) is 22.3. The fraction of sp³-hybridized carbons (Fsp3) is 0.519. The first-order valence-corrected chi connectivity index (χ1v) is 11.9. The third kappa shape index (κ3) is 6.80. The van der Waals surface area contributed by atoms with E-state index in [0.717, 1.165) is 13.5 Å². The van der Waals surface area contributed by atoms with Crippen LogP contribution in [0.5, 0.6) is 17.2 Å². The Morgan fingerprint density at radius 2 is 1.61 bits per heavy atom. The second kappa shape index (κ2) is 13.0. The monoisotopic (exact) mass is 504 g/mol. The number of carbonyl (C=O) groups excluding carboxylic acids is 2. The van der Waals surface area contributed by atoms with Crippen LogP contribution >= 0.6 is 0 Å². The number of Topliss-reactive ketones (excluding diaryl/α,β-unsaturated/α-hetero) is 1. The lowest BCUT2D eigenvalue weighted by molar-refractivity contribution is -0.118. The van der Waals surface area contributed by atoms with Crippen molar-refractivity contribution in [1.82, 2.24) is 0 Å². The van der Waals surface area contributed by atoms with Gasteiger partial charge in [0.25, 0.3) is 0 Å². The van der Waals surface area contributed by atoms with Crippen LogP contribution in [0, 0.1) is 11.8 Å². The highest BCUT2D eigenvalue weighted by Gasteiger charge is 2.26. The highest BCUT2D eigenvalue weighted by molar-refractivity contribution is 5.98. The summed E-state index contributed by atoms with van der Waals surface area (Å²) in [6.45, 7) is 8.14. The largest absolute Gasteiger partial charge is 0.513 e. The molecule has 0 saturated heterocycles. The lowest BCUT2D eigenvalue weighted by atomic mass is 9.97. The third-order valence-corrected chi connectivity index (χ3v) is 5.64. The van der Waals surface area contributed by atoms with Crippen LogP contribution in [0.15, 0.2) is 21.0 Å². The number of hydrogen-bond donors (Lipinski definition) is 0. The van der Waals surface area contributed by atoms with Crippen molar-refractivity contribution in [2.75, 3.05) is 28.4 Å². The second-order valence-electron chi connectivity index (χ2n) is 9.15. The summed E-state index contributed by atoms with van der Waals surface area (Å²) in [5.74, 6) is 0.548. The lowest BCUT2D eigenvalue weighted by Gasteiger charge is -2.17. The number of ether oxygens (including phenoxy) is 5. The fourth-order valence-electron chi connectivity index (χ4n) is 3.67. The first kappa shape index (κ1) is 28.7. The Bertz CT molecular complexity index is 1170. The summed E-state index contributed by atoms with van der Waals surface area (Å²) in [6.07, 6.45) is 2.29. The number of fused-ring (bicyclic) bond motifs is 1. The molecule has 0 radical (unpaired) electrons. The highest BCUT2D eigenvalue weighted by atomic mass is 16.7. The van der Waals surface area contributed by atoms with Gasteiger partial charge in [-0.2, -0.15) is 0 Å². The fourth-order valence-corrected chi connectivity index (χ4v) is 3.67. The molecule has 1 heterocycles. The molecule has 0 unspecified atom stereocenters. The van der Waals surface area contributed by atoms with Crippen molar-refractivity contribution in [3.05, 3.63) is 33.4 Å². The Morgan fingerprint density at radius 1 is 0.944 bits per heavy atom. The van der Waals surface area contributed by atoms with Crippen LogP contribution in [0.3, 0.4) is 0 Å². The SMILES string of the molecule is COC(=O)Oc1c(/C=C(/OC)C(=O)CCC(C)C)oc2cc(OC)c(OC)c(CCC(C)C)c2c1=O. The first-order valence-electron chi connectivity index (χ1n) is 11.9. The van der Waals surface area contributed by atoms with Crippen molar-refractivity contribution >= 4 is 29.0 Å². The van der Waals surface area contributed by atoms with Gasteiger partial charge in [-0.25, -0.2) is 4.79 Å². The Hall–Kier alpha value is -3.49. The second-order valence-corrected chi connectivity index (χ2v) is 9.15. The molecule has 0 saturated carbocycles. The predicted octanol–water partition coefficient (Wildman–Crippen LogP) is 5.54. The van der Waals surface area contributed by atoms with Crippen LogP contribution in [0.1, 0.15) is 58.3 Å². The topological polar surface area (TPSA) is 110 Å². The lowest BCUT2D eigenvalue weighted by Crippen LogP contribution is -2.18. The molecular formula is C27H36O9. The summed E-state index contributed by atoms with van der Waals surface area (Å²) in [5, 5.41) is 0.189. The number of methoxy groups -OCH3 is 4. The molecule has 2 rings (SSSR count). The smallest absolute Gasteiger partial charge is 0.493 e. The van der Waals surface area contributed by atoms with Gasteiger partial charge in [-0.3, -0.25) is 9.59 Å². The summed E-state index contributed by atoms with van der Waals surface area (Å²) in [5.41, 5.74) is 0.141. The van der Waals surface area contributed by atoms with E-state index in [9.17, 15) is 14.4 Å². The van der Waals surface area contributed by atoms with Crippen molar-refractivity contribution in [1.29, 1.82) is 0 Å². The Labute approximate surface area is 211 Å². The molecule has 9 heteroatoms. The zero-order chi connectivity index (χ0) is 27.0. The molecule has 2 aromatic rings. The number of carbonyl (C=O) groups is 2. The number of aryl methyl sites for hydroxylation is 1. The van der Waals surface area contributed by atoms with Gasteiger partial charge in [0.1, 0.15) is 5.58 Å². The van der Waals surface area contributed by atoms with Crippen LogP contribution in [0.25, 0.3) is 17.0 Å². The number of rotatable bonds is 12. The number of hydrogen-bond acceptors (Lipinski definition) is 9. The molecule has 0 fully saturated rings. The van der Waals surface area contributed by atoms with Gasteiger partial charge in [0.2, 0.25) is 11.2 Å². The van der Waals surface area contributed by atoms with E-state index in [4.69, 9.17) is 23.4 Å². The van der Waals surface area contributed by atoms with Crippen molar-refractivity contribution < 1.29 is 37.7 Å².